The van der Waals surface area contributed by atoms with E-state index < -0.39 is 41.7 Å². The normalized spacial score (nSPS) is 14.1. The number of halogens is 3. The molecule has 0 radical (unpaired) electrons. The molecular weight excluding hydrogens is 415 g/mol. The average molecular weight is 434 g/mol. The lowest BCUT2D eigenvalue weighted by molar-refractivity contribution is -0.153. The highest BCUT2D eigenvalue weighted by molar-refractivity contribution is 7.54. The molecule has 154 valence electrons. The van der Waals surface area contributed by atoms with E-state index >= 15 is 0 Å². The van der Waals surface area contributed by atoms with Gasteiger partial charge in [0, 0.05) is 0 Å². The molecule has 0 aliphatic carbocycles. The van der Waals surface area contributed by atoms with Gasteiger partial charge in [0.2, 0.25) is 0 Å². The molecule has 9 nitrogen and oxygen atoms in total. The minimum atomic E-state index is -5.11. The highest BCUT2D eigenvalue weighted by atomic mass is 31.2. The lowest BCUT2D eigenvalue weighted by Gasteiger charge is -2.09. The molecular formula is C13H19F3N2O7P2. The van der Waals surface area contributed by atoms with Crippen LogP contribution in [0.3, 0.4) is 0 Å². The second kappa shape index (κ2) is 13.0. The van der Waals surface area contributed by atoms with Crippen LogP contribution in [0.4, 0.5) is 13.2 Å². The molecule has 0 aromatic carbocycles. The summed E-state index contributed by atoms with van der Waals surface area (Å²) in [6, 6.07) is 0. The summed E-state index contributed by atoms with van der Waals surface area (Å²) in [7, 11) is -5.09. The summed E-state index contributed by atoms with van der Waals surface area (Å²) in [4.78, 5) is 39.3. The molecule has 0 aliphatic rings. The van der Waals surface area contributed by atoms with Crippen LogP contribution in [-0.2, 0) is 18.4 Å². The van der Waals surface area contributed by atoms with Crippen molar-refractivity contribution in [3.8, 4) is 0 Å². The van der Waals surface area contributed by atoms with Crippen LogP contribution in [0.1, 0.15) is 26.7 Å². The van der Waals surface area contributed by atoms with E-state index in [4.69, 9.17) is 24.7 Å². The fraction of sp³-hybridized carbons (Fsp3) is 0.538. The van der Waals surface area contributed by atoms with Gasteiger partial charge in [-0.15, -0.1) is 0 Å². The number of nitrogens with zero attached hydrogens (tertiary/aromatic N) is 2. The highest BCUT2D eigenvalue weighted by Crippen LogP contribution is 2.46. The zero-order valence-electron chi connectivity index (χ0n) is 14.4. The van der Waals surface area contributed by atoms with E-state index in [1.807, 2.05) is 4.79 Å². The van der Waals surface area contributed by atoms with E-state index in [-0.39, 0.29) is 6.61 Å². The minimum Gasteiger partial charge on any atom is -0.452 e. The van der Waals surface area contributed by atoms with Crippen LogP contribution >= 0.6 is 17.2 Å². The smallest absolute Gasteiger partial charge is 0.452 e. The number of hydrogen-bond donors (Lipinski definition) is 3. The minimum absolute atomic E-state index is 0.0156. The van der Waals surface area contributed by atoms with Gasteiger partial charge in [-0.2, -0.15) is 18.0 Å². The Bertz CT molecular complexity index is 605. The molecule has 1 unspecified atom stereocenters. The largest absolute Gasteiger partial charge is 0.503 e. The maximum absolute atomic E-state index is 12.3. The van der Waals surface area contributed by atoms with Crippen molar-refractivity contribution >= 4 is 28.9 Å². The predicted molar refractivity (Wildman–Crippen MR) is 89.9 cm³/mol. The molecule has 3 N–H and O–H groups in total. The van der Waals surface area contributed by atoms with Gasteiger partial charge in [-0.3, -0.25) is 0 Å². The van der Waals surface area contributed by atoms with E-state index in [1.165, 1.54) is 0 Å². The molecule has 0 amide bonds. The molecule has 0 spiro atoms. The summed E-state index contributed by atoms with van der Waals surface area (Å²) in [5.41, 5.74) is 7.57. The van der Waals surface area contributed by atoms with E-state index in [0.717, 1.165) is 5.57 Å². The first kappa shape index (κ1) is 25.8. The number of carbonyl (C=O) groups excluding carboxylic acids is 1. The van der Waals surface area contributed by atoms with Crippen molar-refractivity contribution in [2.45, 2.75) is 32.9 Å². The van der Waals surface area contributed by atoms with Crippen LogP contribution in [-0.4, -0.2) is 50.5 Å². The van der Waals surface area contributed by atoms with Gasteiger partial charge in [0.25, 0.3) is 0 Å². The second-order valence-electron chi connectivity index (χ2n) is 5.03. The maximum atomic E-state index is 12.3. The molecule has 14 heteroatoms. The van der Waals surface area contributed by atoms with Crippen molar-refractivity contribution < 1.29 is 51.0 Å². The standard InChI is InChI=1S/C13H19F3N2O7P2/c1-9(6-7-24-27(22)25-26(20)21)4-3-5-10(2)8-23-12(19)11(18-17)13(14,15)16/h5-6,20-22H,3-4,7-8H2,1-2H3/b9-6+,10-5+. The molecule has 0 saturated heterocycles. The quantitative estimate of drug-likeness (QED) is 0.113. The van der Waals surface area contributed by atoms with Crippen LogP contribution in [0.15, 0.2) is 23.3 Å². The Morgan fingerprint density at radius 3 is 2.33 bits per heavy atom. The highest BCUT2D eigenvalue weighted by Gasteiger charge is 2.51. The molecule has 1 atom stereocenters. The number of alkyl halides is 3. The summed E-state index contributed by atoms with van der Waals surface area (Å²) in [6.07, 6.45) is -0.778. The van der Waals surface area contributed by atoms with Crippen molar-refractivity contribution in [1.29, 1.82) is 0 Å². The maximum Gasteiger partial charge on any atom is 0.503 e. The Labute approximate surface area is 155 Å². The van der Waals surface area contributed by atoms with Crippen molar-refractivity contribution in [2.24, 2.45) is 0 Å². The Hall–Kier alpha value is -1.22. The number of carbonyl (C=O) groups is 1. The molecule has 0 bridgehead atoms. The van der Waals surface area contributed by atoms with Gasteiger partial charge in [0.1, 0.15) is 6.61 Å². The molecule has 0 aromatic rings. The van der Waals surface area contributed by atoms with Crippen molar-refractivity contribution in [2.75, 3.05) is 13.2 Å². The van der Waals surface area contributed by atoms with Crippen molar-refractivity contribution in [1.82, 2.24) is 0 Å². The first-order valence-corrected chi connectivity index (χ1v) is 9.52. The molecule has 0 rings (SSSR count). The third kappa shape index (κ3) is 12.7. The van der Waals surface area contributed by atoms with Crippen LogP contribution in [0.2, 0.25) is 0 Å². The fourth-order valence-corrected chi connectivity index (χ4v) is 2.39. The van der Waals surface area contributed by atoms with Crippen LogP contribution in [0, 0.1) is 0 Å². The average Bonchev–Trinajstić information content (AvgIpc) is 2.51. The first-order chi connectivity index (χ1) is 12.5. The first-order valence-electron chi connectivity index (χ1n) is 7.22. The lowest BCUT2D eigenvalue weighted by atomic mass is 10.1. The van der Waals surface area contributed by atoms with Gasteiger partial charge in [0.15, 0.2) is 0 Å². The topological polar surface area (TPSA) is 142 Å². The Balaban J connectivity index is 4.26. The summed E-state index contributed by atoms with van der Waals surface area (Å²) in [6.45, 7) is 2.91. The van der Waals surface area contributed by atoms with E-state index in [1.54, 1.807) is 26.0 Å². The van der Waals surface area contributed by atoms with Crippen molar-refractivity contribution in [3.05, 3.63) is 28.8 Å². The van der Waals surface area contributed by atoms with Gasteiger partial charge in [-0.25, -0.2) is 9.11 Å². The Kier molecular flexibility index (Phi) is 12.5. The SMILES string of the molecule is C/C(=C\COP(O)OP(O)O)CC/C=C(\C)COC(=O)C(=[N+]=[N-])C(F)(F)F. The Morgan fingerprint density at radius 1 is 1.19 bits per heavy atom. The summed E-state index contributed by atoms with van der Waals surface area (Å²) < 4.78 is 50.5. The van der Waals surface area contributed by atoms with Gasteiger partial charge in [-0.1, -0.05) is 17.7 Å². The predicted octanol–water partition coefficient (Wildman–Crippen LogP) is 2.90. The molecule has 27 heavy (non-hydrogen) atoms. The number of ether oxygens (including phenoxy) is 1. The molecule has 0 fully saturated rings. The zero-order valence-corrected chi connectivity index (χ0v) is 16.2. The Morgan fingerprint density at radius 2 is 1.81 bits per heavy atom. The van der Waals surface area contributed by atoms with E-state index in [9.17, 15) is 18.0 Å². The monoisotopic (exact) mass is 434 g/mol. The van der Waals surface area contributed by atoms with E-state index in [0.29, 0.717) is 18.4 Å². The zero-order chi connectivity index (χ0) is 21.0. The molecule has 0 aromatic heterocycles. The van der Waals surface area contributed by atoms with Crippen LogP contribution in [0.5, 0.6) is 0 Å². The number of allylic oxidation sites excluding steroid dienone is 2. The second-order valence-corrected chi connectivity index (χ2v) is 6.92. The van der Waals surface area contributed by atoms with Crippen LogP contribution < -0.4 is 0 Å². The molecule has 0 saturated carbocycles. The number of rotatable bonds is 11. The number of esters is 1. The summed E-state index contributed by atoms with van der Waals surface area (Å²) >= 11 is 0. The third-order valence-corrected chi connectivity index (χ3v) is 4.30. The van der Waals surface area contributed by atoms with Crippen LogP contribution in [0.25, 0.3) is 5.53 Å². The summed E-state index contributed by atoms with van der Waals surface area (Å²) in [5, 5.41) is 0. The van der Waals surface area contributed by atoms with Gasteiger partial charge >= 0.3 is 35.1 Å². The fourth-order valence-electron chi connectivity index (χ4n) is 1.50. The summed E-state index contributed by atoms with van der Waals surface area (Å²) in [5.74, 6) is -1.77. The number of hydrogen-bond acceptors (Lipinski definition) is 7. The molecule has 0 aliphatic heterocycles. The van der Waals surface area contributed by atoms with Gasteiger partial charge < -0.3 is 29.5 Å². The van der Waals surface area contributed by atoms with E-state index in [2.05, 4.69) is 9.05 Å². The third-order valence-electron chi connectivity index (χ3n) is 2.78. The van der Waals surface area contributed by atoms with Crippen molar-refractivity contribution in [3.63, 3.8) is 0 Å². The van der Waals surface area contributed by atoms with Gasteiger partial charge in [-0.05, 0) is 32.3 Å². The lowest BCUT2D eigenvalue weighted by Crippen LogP contribution is -2.33. The van der Waals surface area contributed by atoms with Gasteiger partial charge in [0.05, 0.1) is 6.61 Å². The molecule has 0 heterocycles.